The van der Waals surface area contributed by atoms with E-state index in [9.17, 15) is 9.59 Å². The molecule has 1 N–H and O–H groups in total. The number of ether oxygens (including phenoxy) is 1. The van der Waals surface area contributed by atoms with Gasteiger partial charge in [-0.3, -0.25) is 4.79 Å². The number of hydrogen-bond donors (Lipinski definition) is 1. The van der Waals surface area contributed by atoms with Gasteiger partial charge in [0.15, 0.2) is 5.78 Å². The van der Waals surface area contributed by atoms with E-state index in [0.717, 1.165) is 34.9 Å². The van der Waals surface area contributed by atoms with Crippen LogP contribution in [0.25, 0.3) is 0 Å². The summed E-state index contributed by atoms with van der Waals surface area (Å²) in [5.41, 5.74) is 3.49. The third-order valence-electron chi connectivity index (χ3n) is 5.87. The minimum Gasteiger partial charge on any atom is -0.461 e. The lowest BCUT2D eigenvalue weighted by molar-refractivity contribution is -0.138. The number of carbonyl (C=O) groups is 2. The van der Waals surface area contributed by atoms with Crippen LogP contribution in [0.3, 0.4) is 0 Å². The summed E-state index contributed by atoms with van der Waals surface area (Å²) in [6, 6.07) is 11.6. The predicted molar refractivity (Wildman–Crippen MR) is 132 cm³/mol. The van der Waals surface area contributed by atoms with Crippen molar-refractivity contribution in [2.24, 2.45) is 0 Å². The van der Waals surface area contributed by atoms with E-state index in [2.05, 4.69) is 18.3 Å². The molecule has 4 nitrogen and oxygen atoms in total. The van der Waals surface area contributed by atoms with Gasteiger partial charge in [-0.25, -0.2) is 4.79 Å². The normalized spacial score (nSPS) is 20.8. The number of thiophene rings is 1. The van der Waals surface area contributed by atoms with Gasteiger partial charge in [0.05, 0.1) is 5.57 Å². The Hall–Kier alpha value is -2.02. The summed E-state index contributed by atoms with van der Waals surface area (Å²) in [4.78, 5) is 27.9. The van der Waals surface area contributed by atoms with Crippen molar-refractivity contribution >= 4 is 46.5 Å². The van der Waals surface area contributed by atoms with Gasteiger partial charge in [-0.15, -0.1) is 11.3 Å². The molecule has 2 aromatic rings. The summed E-state index contributed by atoms with van der Waals surface area (Å²) in [5, 5.41) is 5.97. The van der Waals surface area contributed by atoms with Gasteiger partial charge < -0.3 is 10.1 Å². The highest BCUT2D eigenvalue weighted by Gasteiger charge is 2.42. The van der Waals surface area contributed by atoms with Gasteiger partial charge in [-0.05, 0) is 42.2 Å². The van der Waals surface area contributed by atoms with Gasteiger partial charge in [-0.1, -0.05) is 42.8 Å². The molecule has 0 radical (unpaired) electrons. The number of halogens is 1. The fourth-order valence-electron chi connectivity index (χ4n) is 4.47. The van der Waals surface area contributed by atoms with Crippen molar-refractivity contribution in [2.45, 2.75) is 38.5 Å². The smallest absolute Gasteiger partial charge is 0.336 e. The van der Waals surface area contributed by atoms with Gasteiger partial charge in [0.1, 0.15) is 6.61 Å². The zero-order valence-corrected chi connectivity index (χ0v) is 20.5. The number of dihydropyridines is 1. The SMILES string of the molecule is CCSCCOC(=O)C1=C(C)NC2=C(C(=O)C[C@@H](c3cccs3)C2)[C@H]1c1ccccc1Cl. The Morgan fingerprint density at radius 3 is 2.78 bits per heavy atom. The first-order valence-electron chi connectivity index (χ1n) is 10.8. The van der Waals surface area contributed by atoms with Crippen molar-refractivity contribution in [3.8, 4) is 0 Å². The number of hydrogen-bond acceptors (Lipinski definition) is 6. The molecular formula is C25H26ClNO3S2. The van der Waals surface area contributed by atoms with E-state index in [1.165, 1.54) is 4.88 Å². The molecule has 32 heavy (non-hydrogen) atoms. The summed E-state index contributed by atoms with van der Waals surface area (Å²) >= 11 is 9.98. The van der Waals surface area contributed by atoms with Crippen molar-refractivity contribution in [2.75, 3.05) is 18.1 Å². The lowest BCUT2D eigenvalue weighted by atomic mass is 9.72. The summed E-state index contributed by atoms with van der Waals surface area (Å²) in [6.07, 6.45) is 1.16. The molecule has 0 amide bonds. The van der Waals surface area contributed by atoms with Gasteiger partial charge in [-0.2, -0.15) is 11.8 Å². The number of rotatable bonds is 7. The maximum Gasteiger partial charge on any atom is 0.336 e. The number of thioether (sulfide) groups is 1. The van der Waals surface area contributed by atoms with Crippen LogP contribution in [0.2, 0.25) is 5.02 Å². The number of carbonyl (C=O) groups excluding carboxylic acids is 2. The molecule has 2 heterocycles. The molecule has 4 rings (SSSR count). The van der Waals surface area contributed by atoms with Crippen LogP contribution in [0.4, 0.5) is 0 Å². The van der Waals surface area contributed by atoms with Crippen LogP contribution < -0.4 is 5.32 Å². The molecule has 1 aromatic carbocycles. The second-order valence-corrected chi connectivity index (χ2v) is 10.7. The summed E-state index contributed by atoms with van der Waals surface area (Å²) < 4.78 is 5.61. The second kappa shape index (κ2) is 10.3. The maximum absolute atomic E-state index is 13.5. The van der Waals surface area contributed by atoms with Crippen LogP contribution in [0.15, 0.2) is 64.3 Å². The maximum atomic E-state index is 13.5. The summed E-state index contributed by atoms with van der Waals surface area (Å²) in [6.45, 7) is 4.29. The van der Waals surface area contributed by atoms with Crippen LogP contribution in [-0.4, -0.2) is 29.9 Å². The first-order chi connectivity index (χ1) is 15.5. The first kappa shape index (κ1) is 23.1. The van der Waals surface area contributed by atoms with Crippen LogP contribution in [0, 0.1) is 0 Å². The molecule has 0 saturated carbocycles. The zero-order valence-electron chi connectivity index (χ0n) is 18.2. The van der Waals surface area contributed by atoms with Crippen molar-refractivity contribution in [3.63, 3.8) is 0 Å². The Balaban J connectivity index is 1.73. The molecule has 2 aliphatic rings. The van der Waals surface area contributed by atoms with Gasteiger partial charge in [0.2, 0.25) is 0 Å². The zero-order chi connectivity index (χ0) is 22.7. The van der Waals surface area contributed by atoms with E-state index >= 15 is 0 Å². The Morgan fingerprint density at radius 1 is 1.25 bits per heavy atom. The number of ketones is 1. The molecule has 2 atom stereocenters. The monoisotopic (exact) mass is 487 g/mol. The highest BCUT2D eigenvalue weighted by atomic mass is 35.5. The Kier molecular flexibility index (Phi) is 7.44. The fraction of sp³-hybridized carbons (Fsp3) is 0.360. The molecular weight excluding hydrogens is 462 g/mol. The predicted octanol–water partition coefficient (Wildman–Crippen LogP) is 6.06. The van der Waals surface area contributed by atoms with Gasteiger partial charge in [0.25, 0.3) is 0 Å². The Labute approximate surface area is 202 Å². The number of Topliss-reactive ketones (excluding diaryl/α,β-unsaturated/α-hetero) is 1. The van der Waals surface area contributed by atoms with E-state index in [0.29, 0.717) is 29.2 Å². The van der Waals surface area contributed by atoms with Gasteiger partial charge in [0, 0.05) is 50.9 Å². The molecule has 1 aromatic heterocycles. The quantitative estimate of drug-likeness (QED) is 0.380. The average molecular weight is 488 g/mol. The molecule has 0 fully saturated rings. The molecule has 0 unspecified atom stereocenters. The fourth-order valence-corrected chi connectivity index (χ4v) is 6.04. The molecule has 1 aliphatic carbocycles. The lowest BCUT2D eigenvalue weighted by Crippen LogP contribution is -2.36. The highest BCUT2D eigenvalue weighted by molar-refractivity contribution is 7.99. The first-order valence-corrected chi connectivity index (χ1v) is 13.2. The largest absolute Gasteiger partial charge is 0.461 e. The van der Waals surface area contributed by atoms with Crippen LogP contribution >= 0.6 is 34.7 Å². The standard InChI is InChI=1S/C25H26ClNO3S2/c1-3-31-12-10-30-25(29)22-15(2)27-19-13-16(21-9-6-11-32-21)14-20(28)24(19)23(22)17-7-4-5-8-18(17)26/h4-9,11,16,23,27H,3,10,12-14H2,1-2H3/t16-,23-/m0/s1. The van der Waals surface area contributed by atoms with Crippen LogP contribution in [0.1, 0.15) is 49.0 Å². The Bertz CT molecular complexity index is 1070. The lowest BCUT2D eigenvalue weighted by Gasteiger charge is -2.36. The van der Waals surface area contributed by atoms with Crippen LogP contribution in [0.5, 0.6) is 0 Å². The van der Waals surface area contributed by atoms with Gasteiger partial charge >= 0.3 is 5.97 Å². The Morgan fingerprint density at radius 2 is 2.06 bits per heavy atom. The third-order valence-corrected chi connectivity index (χ3v) is 8.12. The topological polar surface area (TPSA) is 55.4 Å². The number of esters is 1. The molecule has 0 saturated heterocycles. The van der Waals surface area contributed by atoms with Crippen molar-refractivity contribution in [3.05, 3.63) is 79.8 Å². The van der Waals surface area contributed by atoms with E-state index in [-0.39, 0.29) is 11.7 Å². The molecule has 0 bridgehead atoms. The van der Waals surface area contributed by atoms with E-state index in [1.54, 1.807) is 29.2 Å². The molecule has 1 aliphatic heterocycles. The van der Waals surface area contributed by atoms with E-state index < -0.39 is 11.9 Å². The number of nitrogens with one attached hydrogen (secondary N) is 1. The van der Waals surface area contributed by atoms with E-state index in [1.807, 2.05) is 36.6 Å². The third kappa shape index (κ3) is 4.68. The minimum absolute atomic E-state index is 0.0569. The molecule has 7 heteroatoms. The van der Waals surface area contributed by atoms with Crippen molar-refractivity contribution < 1.29 is 14.3 Å². The minimum atomic E-state index is -0.525. The molecule has 168 valence electrons. The summed E-state index contributed by atoms with van der Waals surface area (Å²) in [5.74, 6) is 1.00. The van der Waals surface area contributed by atoms with Crippen molar-refractivity contribution in [1.29, 1.82) is 0 Å². The summed E-state index contributed by atoms with van der Waals surface area (Å²) in [7, 11) is 0. The molecule has 0 spiro atoms. The number of benzene rings is 1. The second-order valence-electron chi connectivity index (χ2n) is 7.89. The van der Waals surface area contributed by atoms with E-state index in [4.69, 9.17) is 16.3 Å². The average Bonchev–Trinajstić information content (AvgIpc) is 3.31. The van der Waals surface area contributed by atoms with Crippen LogP contribution in [-0.2, 0) is 14.3 Å². The van der Waals surface area contributed by atoms with Crippen molar-refractivity contribution in [1.82, 2.24) is 5.32 Å². The number of allylic oxidation sites excluding steroid dienone is 3. The highest BCUT2D eigenvalue weighted by Crippen LogP contribution is 2.47.